The van der Waals surface area contributed by atoms with Crippen LogP contribution in [-0.2, 0) is 20.9 Å². The van der Waals surface area contributed by atoms with Gasteiger partial charge in [-0.3, -0.25) is 9.59 Å². The molecule has 1 aromatic rings. The molecule has 1 aromatic carbocycles. The maximum absolute atomic E-state index is 13.1. The van der Waals surface area contributed by atoms with Gasteiger partial charge in [0.05, 0.1) is 18.7 Å². The van der Waals surface area contributed by atoms with E-state index in [1.54, 1.807) is 7.05 Å². The van der Waals surface area contributed by atoms with Crippen LogP contribution in [0.2, 0.25) is 0 Å². The number of aryl methyl sites for hydroxylation is 1. The predicted molar refractivity (Wildman–Crippen MR) is 117 cm³/mol. The minimum atomic E-state index is -1.65. The van der Waals surface area contributed by atoms with Gasteiger partial charge in [0.2, 0.25) is 5.91 Å². The van der Waals surface area contributed by atoms with Gasteiger partial charge < -0.3 is 41.7 Å². The van der Waals surface area contributed by atoms with Gasteiger partial charge >= 0.3 is 0 Å². The van der Waals surface area contributed by atoms with E-state index in [0.717, 1.165) is 11.1 Å². The van der Waals surface area contributed by atoms with E-state index in [4.69, 9.17) is 16.2 Å². The minimum absolute atomic E-state index is 0.161. The molecular formula is C21H31N5O6. The van der Waals surface area contributed by atoms with Crippen LogP contribution in [0.4, 0.5) is 0 Å². The number of amides is 2. The van der Waals surface area contributed by atoms with Crippen LogP contribution in [0.5, 0.6) is 0 Å². The molecule has 32 heavy (non-hydrogen) atoms. The lowest BCUT2D eigenvalue weighted by molar-refractivity contribution is -0.140. The van der Waals surface area contributed by atoms with Crippen LogP contribution in [-0.4, -0.2) is 82.0 Å². The molecule has 11 nitrogen and oxygen atoms in total. The quantitative estimate of drug-likeness (QED) is 0.196. The Morgan fingerprint density at radius 2 is 2.00 bits per heavy atom. The number of hydrogen-bond donors (Lipinski definition) is 6. The molecule has 0 bridgehead atoms. The highest BCUT2D eigenvalue weighted by Crippen LogP contribution is 2.26. The van der Waals surface area contributed by atoms with Crippen LogP contribution < -0.4 is 16.8 Å². The lowest BCUT2D eigenvalue weighted by Gasteiger charge is -2.39. The van der Waals surface area contributed by atoms with Gasteiger partial charge in [0.15, 0.2) is 11.7 Å². The van der Waals surface area contributed by atoms with E-state index in [-0.39, 0.29) is 18.3 Å². The number of hydrogen-bond acceptors (Lipinski definition) is 7. The first-order valence-corrected chi connectivity index (χ1v) is 10.1. The van der Waals surface area contributed by atoms with Crippen molar-refractivity contribution in [3.8, 4) is 0 Å². The molecule has 0 saturated carbocycles. The number of aliphatic hydroxyl groups excluding tert-OH is 3. The van der Waals surface area contributed by atoms with Crippen LogP contribution in [0.1, 0.15) is 18.1 Å². The number of carbonyl (C=O) groups is 2. The number of nitrogens with two attached hydrogens (primary N) is 2. The summed E-state index contributed by atoms with van der Waals surface area (Å²) in [7, 11) is 1.58. The lowest BCUT2D eigenvalue weighted by Crippen LogP contribution is -2.60. The molecule has 11 heteroatoms. The maximum atomic E-state index is 13.1. The summed E-state index contributed by atoms with van der Waals surface area (Å²) in [5, 5.41) is 32.3. The molecule has 0 aromatic heterocycles. The van der Waals surface area contributed by atoms with Crippen LogP contribution in [0.25, 0.3) is 0 Å². The van der Waals surface area contributed by atoms with Gasteiger partial charge in [-0.15, -0.1) is 0 Å². The molecule has 0 saturated heterocycles. The Morgan fingerprint density at radius 3 is 2.56 bits per heavy atom. The monoisotopic (exact) mass is 449 g/mol. The van der Waals surface area contributed by atoms with E-state index < -0.39 is 48.8 Å². The van der Waals surface area contributed by atoms with Gasteiger partial charge in [-0.2, -0.15) is 0 Å². The van der Waals surface area contributed by atoms with Gasteiger partial charge in [-0.25, -0.2) is 4.99 Å². The first kappa shape index (κ1) is 25.1. The summed E-state index contributed by atoms with van der Waals surface area (Å²) in [6, 6.07) is 5.68. The number of carbonyl (C=O) groups excluding carboxylic acids is 2. The normalized spacial score (nSPS) is 22.1. The zero-order valence-corrected chi connectivity index (χ0v) is 18.3. The predicted octanol–water partition coefficient (Wildman–Crippen LogP) is -1.90. The molecule has 176 valence electrons. The first-order valence-electron chi connectivity index (χ1n) is 10.1. The number of nitrogens with one attached hydrogen (secondary N) is 1. The highest BCUT2D eigenvalue weighted by molar-refractivity contribution is 5.92. The molecule has 0 radical (unpaired) electrons. The molecule has 5 atom stereocenters. The second-order valence-electron chi connectivity index (χ2n) is 7.78. The van der Waals surface area contributed by atoms with Crippen molar-refractivity contribution >= 4 is 17.8 Å². The minimum Gasteiger partial charge on any atom is -0.480 e. The Hall–Kier alpha value is -3.15. The molecule has 2 amide bonds. The molecule has 2 rings (SSSR count). The zero-order valence-electron chi connectivity index (χ0n) is 18.3. The van der Waals surface area contributed by atoms with E-state index in [9.17, 15) is 24.9 Å². The molecule has 0 unspecified atom stereocenters. The van der Waals surface area contributed by atoms with Crippen molar-refractivity contribution in [2.24, 2.45) is 16.5 Å². The summed E-state index contributed by atoms with van der Waals surface area (Å²) in [5.41, 5.74) is 13.0. The van der Waals surface area contributed by atoms with Crippen LogP contribution in [0.15, 0.2) is 41.1 Å². The Bertz CT molecular complexity index is 885. The van der Waals surface area contributed by atoms with E-state index in [2.05, 4.69) is 10.3 Å². The third-order valence-corrected chi connectivity index (χ3v) is 4.95. The number of guanidine groups is 1. The van der Waals surface area contributed by atoms with Crippen LogP contribution >= 0.6 is 0 Å². The SMILES string of the molecule is CC(=O)N[C@H]1[C@H]([C@H](O)[C@H](O)CO)OC(C(=O)N(C)Cc2cccc(C)c2)=C[C@@H]1N=C(N)N. The van der Waals surface area contributed by atoms with Crippen molar-refractivity contribution in [2.45, 2.75) is 50.8 Å². The highest BCUT2D eigenvalue weighted by Gasteiger charge is 2.44. The molecule has 8 N–H and O–H groups in total. The van der Waals surface area contributed by atoms with Gasteiger partial charge in [-0.05, 0) is 18.6 Å². The molecule has 1 heterocycles. The number of nitrogens with zero attached hydrogens (tertiary/aromatic N) is 2. The van der Waals surface area contributed by atoms with Gasteiger partial charge in [-0.1, -0.05) is 29.8 Å². The summed E-state index contributed by atoms with van der Waals surface area (Å²) >= 11 is 0. The Kier molecular flexibility index (Phi) is 8.58. The smallest absolute Gasteiger partial charge is 0.288 e. The average Bonchev–Trinajstić information content (AvgIpc) is 2.72. The highest BCUT2D eigenvalue weighted by atomic mass is 16.5. The third kappa shape index (κ3) is 6.42. The lowest BCUT2D eigenvalue weighted by atomic mass is 9.92. The van der Waals surface area contributed by atoms with Gasteiger partial charge in [0, 0.05) is 20.5 Å². The van der Waals surface area contributed by atoms with Gasteiger partial charge in [0.1, 0.15) is 18.3 Å². The maximum Gasteiger partial charge on any atom is 0.288 e. The molecule has 0 spiro atoms. The van der Waals surface area contributed by atoms with E-state index in [1.165, 1.54) is 17.9 Å². The fraction of sp³-hybridized carbons (Fsp3) is 0.476. The zero-order chi connectivity index (χ0) is 24.0. The number of benzene rings is 1. The van der Waals surface area contributed by atoms with Crippen molar-refractivity contribution in [3.05, 3.63) is 47.2 Å². The Balaban J connectivity index is 2.38. The van der Waals surface area contributed by atoms with Crippen molar-refractivity contribution in [1.29, 1.82) is 0 Å². The van der Waals surface area contributed by atoms with Crippen molar-refractivity contribution in [1.82, 2.24) is 10.2 Å². The van der Waals surface area contributed by atoms with Gasteiger partial charge in [0.25, 0.3) is 5.91 Å². The Morgan fingerprint density at radius 1 is 1.31 bits per heavy atom. The summed E-state index contributed by atoms with van der Waals surface area (Å²) in [6.07, 6.45) is -3.20. The number of rotatable bonds is 8. The fourth-order valence-corrected chi connectivity index (χ4v) is 3.48. The second kappa shape index (κ2) is 10.9. The number of ether oxygens (including phenoxy) is 1. The molecular weight excluding hydrogens is 418 g/mol. The topological polar surface area (TPSA) is 184 Å². The average molecular weight is 450 g/mol. The van der Waals surface area contributed by atoms with E-state index in [0.29, 0.717) is 0 Å². The number of aliphatic hydroxyl groups is 3. The standard InChI is InChI=1S/C21H31N5O6/c1-11-5-4-6-13(7-11)9-26(3)20(31)16-8-14(25-21(22)23)17(24-12(2)28)19(32-16)18(30)15(29)10-27/h4-8,14-15,17-19,27,29-30H,9-10H2,1-3H3,(H,24,28)(H4,22,23,25)/t14-,15+,17+,18+,19+/m0/s1. The summed E-state index contributed by atoms with van der Waals surface area (Å²) in [6.45, 7) is 2.72. The molecule has 0 fully saturated rings. The largest absolute Gasteiger partial charge is 0.480 e. The van der Waals surface area contributed by atoms with E-state index >= 15 is 0 Å². The summed E-state index contributed by atoms with van der Waals surface area (Å²) in [4.78, 5) is 30.3. The molecule has 1 aliphatic heterocycles. The van der Waals surface area contributed by atoms with Crippen LogP contribution in [0.3, 0.4) is 0 Å². The van der Waals surface area contributed by atoms with Crippen molar-refractivity contribution < 1.29 is 29.6 Å². The fourth-order valence-electron chi connectivity index (χ4n) is 3.48. The van der Waals surface area contributed by atoms with Crippen molar-refractivity contribution in [3.63, 3.8) is 0 Å². The Labute approximate surface area is 186 Å². The van der Waals surface area contributed by atoms with Crippen LogP contribution in [0, 0.1) is 6.92 Å². The molecule has 0 aliphatic carbocycles. The molecule has 1 aliphatic rings. The number of aliphatic imine (C=N–C) groups is 1. The second-order valence-corrected chi connectivity index (χ2v) is 7.78. The third-order valence-electron chi connectivity index (χ3n) is 4.95. The first-order chi connectivity index (χ1) is 15.0. The number of likely N-dealkylation sites (N-methyl/N-ethyl adjacent to an activating group) is 1. The summed E-state index contributed by atoms with van der Waals surface area (Å²) < 4.78 is 5.72. The van der Waals surface area contributed by atoms with E-state index in [1.807, 2.05) is 31.2 Å². The summed E-state index contributed by atoms with van der Waals surface area (Å²) in [5.74, 6) is -1.45. The van der Waals surface area contributed by atoms with Crippen molar-refractivity contribution in [2.75, 3.05) is 13.7 Å².